The number of piperazine rings is 1. The Bertz CT molecular complexity index is 759. The molecule has 4 heterocycles. The standard InChI is InChI=1S/C15H17ClN6S/c16-15-13(18-19-23-15)11-21-7-5-20(6-8-21)9-12-10-22-4-2-1-3-14(22)17-12/h1-4,10H,5-9,11H2. The molecule has 0 unspecified atom stereocenters. The monoisotopic (exact) mass is 348 g/mol. The van der Waals surface area contributed by atoms with Gasteiger partial charge in [-0.2, -0.15) is 0 Å². The summed E-state index contributed by atoms with van der Waals surface area (Å²) >= 11 is 7.33. The zero-order valence-corrected chi connectivity index (χ0v) is 14.2. The Labute approximate surface area is 143 Å². The summed E-state index contributed by atoms with van der Waals surface area (Å²) in [4.78, 5) is 9.49. The van der Waals surface area contributed by atoms with Gasteiger partial charge in [-0.1, -0.05) is 22.2 Å². The zero-order valence-electron chi connectivity index (χ0n) is 12.6. The maximum absolute atomic E-state index is 6.08. The predicted molar refractivity (Wildman–Crippen MR) is 90.7 cm³/mol. The summed E-state index contributed by atoms with van der Waals surface area (Å²) in [6, 6.07) is 6.08. The van der Waals surface area contributed by atoms with Crippen molar-refractivity contribution >= 4 is 28.8 Å². The van der Waals surface area contributed by atoms with Gasteiger partial charge in [-0.15, -0.1) is 5.10 Å². The Morgan fingerprint density at radius 3 is 2.57 bits per heavy atom. The van der Waals surface area contributed by atoms with Gasteiger partial charge in [0.1, 0.15) is 15.7 Å². The van der Waals surface area contributed by atoms with Crippen molar-refractivity contribution in [3.05, 3.63) is 46.3 Å². The molecular formula is C15H17ClN6S. The Morgan fingerprint density at radius 2 is 1.87 bits per heavy atom. The van der Waals surface area contributed by atoms with E-state index in [1.165, 1.54) is 11.5 Å². The summed E-state index contributed by atoms with van der Waals surface area (Å²) in [6.45, 7) is 5.78. The third kappa shape index (κ3) is 3.37. The number of fused-ring (bicyclic) bond motifs is 1. The van der Waals surface area contributed by atoms with Crippen LogP contribution in [0, 0.1) is 0 Å². The highest BCUT2D eigenvalue weighted by atomic mass is 35.5. The van der Waals surface area contributed by atoms with E-state index < -0.39 is 0 Å². The van der Waals surface area contributed by atoms with Gasteiger partial charge in [-0.05, 0) is 12.1 Å². The molecule has 0 aromatic carbocycles. The molecule has 6 nitrogen and oxygen atoms in total. The van der Waals surface area contributed by atoms with Crippen LogP contribution >= 0.6 is 23.1 Å². The van der Waals surface area contributed by atoms with E-state index in [-0.39, 0.29) is 0 Å². The number of pyridine rings is 1. The minimum absolute atomic E-state index is 0.706. The van der Waals surface area contributed by atoms with Gasteiger partial charge in [0.25, 0.3) is 0 Å². The van der Waals surface area contributed by atoms with Crippen LogP contribution in [0.1, 0.15) is 11.4 Å². The largest absolute Gasteiger partial charge is 0.307 e. The van der Waals surface area contributed by atoms with Gasteiger partial charge in [0.15, 0.2) is 0 Å². The summed E-state index contributed by atoms with van der Waals surface area (Å²) in [5, 5.41) is 4.09. The maximum Gasteiger partial charge on any atom is 0.138 e. The highest BCUT2D eigenvalue weighted by molar-refractivity contribution is 7.10. The summed E-state index contributed by atoms with van der Waals surface area (Å²) in [5.41, 5.74) is 3.02. The van der Waals surface area contributed by atoms with Crippen molar-refractivity contribution in [3.8, 4) is 0 Å². The number of halogens is 1. The van der Waals surface area contributed by atoms with E-state index in [4.69, 9.17) is 11.6 Å². The van der Waals surface area contributed by atoms with Crippen molar-refractivity contribution in [2.45, 2.75) is 13.1 Å². The molecule has 0 saturated carbocycles. The fraction of sp³-hybridized carbons (Fsp3) is 0.400. The Kier molecular flexibility index (Phi) is 4.26. The Morgan fingerprint density at radius 1 is 1.09 bits per heavy atom. The molecule has 23 heavy (non-hydrogen) atoms. The summed E-state index contributed by atoms with van der Waals surface area (Å²) in [5.74, 6) is 0. The highest BCUT2D eigenvalue weighted by Gasteiger charge is 2.19. The molecule has 120 valence electrons. The lowest BCUT2D eigenvalue weighted by atomic mass is 10.3. The molecule has 8 heteroatoms. The zero-order chi connectivity index (χ0) is 15.6. The van der Waals surface area contributed by atoms with Crippen LogP contribution < -0.4 is 0 Å². The van der Waals surface area contributed by atoms with Crippen LogP contribution in [0.2, 0.25) is 4.34 Å². The van der Waals surface area contributed by atoms with Gasteiger partial charge in [0.2, 0.25) is 0 Å². The first-order valence-corrected chi connectivity index (χ1v) is 8.77. The van der Waals surface area contributed by atoms with Crippen molar-refractivity contribution in [3.63, 3.8) is 0 Å². The lowest BCUT2D eigenvalue weighted by Gasteiger charge is -2.33. The van der Waals surface area contributed by atoms with Gasteiger partial charge in [0.05, 0.1) is 5.69 Å². The van der Waals surface area contributed by atoms with Crippen LogP contribution in [0.4, 0.5) is 0 Å². The third-order valence-corrected chi connectivity index (χ3v) is 5.13. The molecular weight excluding hydrogens is 332 g/mol. The van der Waals surface area contributed by atoms with E-state index in [1.54, 1.807) is 0 Å². The number of nitrogens with zero attached hydrogens (tertiary/aromatic N) is 6. The fourth-order valence-corrected chi connectivity index (χ4v) is 3.51. The molecule has 0 N–H and O–H groups in total. The molecule has 0 spiro atoms. The van der Waals surface area contributed by atoms with E-state index in [2.05, 4.69) is 35.0 Å². The van der Waals surface area contributed by atoms with Crippen molar-refractivity contribution < 1.29 is 0 Å². The first-order valence-electron chi connectivity index (χ1n) is 7.62. The molecule has 0 amide bonds. The average Bonchev–Trinajstić information content (AvgIpc) is 3.15. The molecule has 1 fully saturated rings. The van der Waals surface area contributed by atoms with E-state index >= 15 is 0 Å². The molecule has 0 radical (unpaired) electrons. The average molecular weight is 349 g/mol. The van der Waals surface area contributed by atoms with Crippen molar-refractivity contribution in [1.29, 1.82) is 0 Å². The smallest absolute Gasteiger partial charge is 0.138 e. The quantitative estimate of drug-likeness (QED) is 0.723. The van der Waals surface area contributed by atoms with Crippen LogP contribution in [0.25, 0.3) is 5.65 Å². The Hall–Kier alpha value is -1.54. The van der Waals surface area contributed by atoms with E-state index in [0.717, 1.165) is 56.3 Å². The molecule has 0 aliphatic carbocycles. The predicted octanol–water partition coefficient (Wildman–Crippen LogP) is 2.16. The minimum atomic E-state index is 0.706. The second kappa shape index (κ2) is 6.52. The normalized spacial score (nSPS) is 17.1. The van der Waals surface area contributed by atoms with Crippen LogP contribution in [-0.2, 0) is 13.1 Å². The van der Waals surface area contributed by atoms with Gasteiger partial charge in [-0.25, -0.2) is 4.98 Å². The second-order valence-corrected chi connectivity index (χ2v) is 7.10. The van der Waals surface area contributed by atoms with Gasteiger partial charge in [0, 0.05) is 63.2 Å². The summed E-state index contributed by atoms with van der Waals surface area (Å²) in [7, 11) is 0. The number of aromatic nitrogens is 4. The fourth-order valence-electron chi connectivity index (χ4n) is 2.90. The Balaban J connectivity index is 1.33. The summed E-state index contributed by atoms with van der Waals surface area (Å²) < 4.78 is 6.67. The molecule has 4 rings (SSSR count). The van der Waals surface area contributed by atoms with Gasteiger partial charge in [-0.3, -0.25) is 9.80 Å². The number of imidazole rings is 1. The SMILES string of the molecule is Clc1snnc1CN1CCN(Cc2cn3ccccc3n2)CC1. The maximum atomic E-state index is 6.08. The highest BCUT2D eigenvalue weighted by Crippen LogP contribution is 2.19. The molecule has 1 saturated heterocycles. The number of hydrogen-bond acceptors (Lipinski definition) is 6. The van der Waals surface area contributed by atoms with Gasteiger partial charge < -0.3 is 4.40 Å². The first kappa shape index (κ1) is 15.0. The molecule has 0 bridgehead atoms. The molecule has 1 aliphatic heterocycles. The third-order valence-electron chi connectivity index (χ3n) is 4.15. The van der Waals surface area contributed by atoms with Crippen molar-refractivity contribution in [1.82, 2.24) is 28.8 Å². The lowest BCUT2D eigenvalue weighted by Crippen LogP contribution is -2.45. The summed E-state index contributed by atoms with van der Waals surface area (Å²) in [6.07, 6.45) is 4.15. The minimum Gasteiger partial charge on any atom is -0.307 e. The molecule has 1 aliphatic rings. The second-order valence-electron chi connectivity index (χ2n) is 5.74. The topological polar surface area (TPSA) is 49.6 Å². The van der Waals surface area contributed by atoms with E-state index in [0.29, 0.717) is 4.34 Å². The van der Waals surface area contributed by atoms with Crippen LogP contribution in [0.5, 0.6) is 0 Å². The van der Waals surface area contributed by atoms with Crippen molar-refractivity contribution in [2.75, 3.05) is 26.2 Å². The number of rotatable bonds is 4. The van der Waals surface area contributed by atoms with Gasteiger partial charge >= 0.3 is 0 Å². The van der Waals surface area contributed by atoms with E-state index in [9.17, 15) is 0 Å². The first-order chi connectivity index (χ1) is 11.3. The van der Waals surface area contributed by atoms with E-state index in [1.807, 2.05) is 24.4 Å². The molecule has 3 aromatic heterocycles. The van der Waals surface area contributed by atoms with Crippen molar-refractivity contribution in [2.24, 2.45) is 0 Å². The van der Waals surface area contributed by atoms with Crippen LogP contribution in [-0.4, -0.2) is 55.0 Å². The molecule has 0 atom stereocenters. The lowest BCUT2D eigenvalue weighted by molar-refractivity contribution is 0.120. The number of hydrogen-bond donors (Lipinski definition) is 0. The molecule has 3 aromatic rings. The van der Waals surface area contributed by atoms with Crippen LogP contribution in [0.3, 0.4) is 0 Å². The van der Waals surface area contributed by atoms with Crippen LogP contribution in [0.15, 0.2) is 30.6 Å².